The quantitative estimate of drug-likeness (QED) is 0.334. The summed E-state index contributed by atoms with van der Waals surface area (Å²) in [6.07, 6.45) is 8.11. The molecule has 0 saturated heterocycles. The van der Waals surface area contributed by atoms with Crippen LogP contribution >= 0.6 is 23.5 Å². The first-order valence-corrected chi connectivity index (χ1v) is 12.5. The number of rotatable bonds is 17. The van der Waals surface area contributed by atoms with E-state index < -0.39 is 0 Å². The van der Waals surface area contributed by atoms with Crippen LogP contribution in [0, 0.1) is 0 Å². The second kappa shape index (κ2) is 18.0. The highest BCUT2D eigenvalue weighted by Crippen LogP contribution is 2.09. The fourth-order valence-electron chi connectivity index (χ4n) is 2.28. The first-order valence-electron chi connectivity index (χ1n) is 10.2. The molecule has 0 aliphatic rings. The number of hydrogen-bond acceptors (Lipinski definition) is 4. The third kappa shape index (κ3) is 14.8. The second-order valence-electron chi connectivity index (χ2n) is 6.77. The molecule has 0 N–H and O–H groups in total. The van der Waals surface area contributed by atoms with Crippen molar-refractivity contribution in [3.05, 3.63) is 0 Å². The zero-order valence-corrected chi connectivity index (χ0v) is 19.1. The average molecular weight is 405 g/mol. The maximum Gasteiger partial charge on any atom is 0.222 e. The SMILES string of the molecule is CCCCSCCCC(=O)N(C)CCN(C)C(=O)CCCSCCCC. The van der Waals surface area contributed by atoms with E-state index in [4.69, 9.17) is 0 Å². The van der Waals surface area contributed by atoms with Gasteiger partial charge in [0.2, 0.25) is 11.8 Å². The van der Waals surface area contributed by atoms with Gasteiger partial charge in [0.1, 0.15) is 0 Å². The van der Waals surface area contributed by atoms with E-state index in [9.17, 15) is 9.59 Å². The van der Waals surface area contributed by atoms with Gasteiger partial charge in [-0.2, -0.15) is 23.5 Å². The zero-order valence-electron chi connectivity index (χ0n) is 17.4. The molecule has 0 aliphatic heterocycles. The van der Waals surface area contributed by atoms with Crippen molar-refractivity contribution in [1.82, 2.24) is 9.80 Å². The van der Waals surface area contributed by atoms with Gasteiger partial charge < -0.3 is 9.80 Å². The number of amides is 2. The summed E-state index contributed by atoms with van der Waals surface area (Å²) in [6, 6.07) is 0. The lowest BCUT2D eigenvalue weighted by Gasteiger charge is -2.22. The summed E-state index contributed by atoms with van der Waals surface area (Å²) >= 11 is 3.88. The first-order chi connectivity index (χ1) is 12.5. The van der Waals surface area contributed by atoms with Crippen LogP contribution < -0.4 is 0 Å². The molecule has 0 aliphatic carbocycles. The van der Waals surface area contributed by atoms with Crippen molar-refractivity contribution >= 4 is 35.3 Å². The molecule has 0 heterocycles. The summed E-state index contributed by atoms with van der Waals surface area (Å²) in [4.78, 5) is 27.8. The molecule has 154 valence electrons. The maximum absolute atomic E-state index is 12.1. The van der Waals surface area contributed by atoms with E-state index in [1.54, 1.807) is 9.80 Å². The van der Waals surface area contributed by atoms with Gasteiger partial charge in [0.25, 0.3) is 0 Å². The Hall–Kier alpha value is -0.360. The highest BCUT2D eigenvalue weighted by molar-refractivity contribution is 7.99. The van der Waals surface area contributed by atoms with Crippen molar-refractivity contribution in [3.63, 3.8) is 0 Å². The van der Waals surface area contributed by atoms with Crippen LogP contribution in [-0.4, -0.2) is 71.8 Å². The molecule has 0 spiro atoms. The van der Waals surface area contributed by atoms with E-state index in [1.807, 2.05) is 37.6 Å². The van der Waals surface area contributed by atoms with Crippen molar-refractivity contribution in [2.45, 2.75) is 65.2 Å². The molecule has 0 aromatic heterocycles. The predicted molar refractivity (Wildman–Crippen MR) is 118 cm³/mol. The Bertz CT molecular complexity index is 334. The van der Waals surface area contributed by atoms with Gasteiger partial charge in [0, 0.05) is 40.0 Å². The van der Waals surface area contributed by atoms with Gasteiger partial charge in [-0.05, 0) is 48.7 Å². The molecule has 2 amide bonds. The lowest BCUT2D eigenvalue weighted by Crippen LogP contribution is -2.37. The summed E-state index contributed by atoms with van der Waals surface area (Å²) in [5, 5.41) is 0. The van der Waals surface area contributed by atoms with Crippen molar-refractivity contribution in [2.75, 3.05) is 50.2 Å². The molecule has 0 aromatic rings. The molecule has 0 aromatic carbocycles. The van der Waals surface area contributed by atoms with Crippen molar-refractivity contribution in [2.24, 2.45) is 0 Å². The van der Waals surface area contributed by atoms with Gasteiger partial charge >= 0.3 is 0 Å². The monoisotopic (exact) mass is 404 g/mol. The molecule has 0 fully saturated rings. The third-order valence-corrected chi connectivity index (χ3v) is 6.57. The van der Waals surface area contributed by atoms with E-state index in [2.05, 4.69) is 13.8 Å². The number of carbonyl (C=O) groups is 2. The summed E-state index contributed by atoms with van der Waals surface area (Å²) in [7, 11) is 3.69. The van der Waals surface area contributed by atoms with Crippen LogP contribution in [0.1, 0.15) is 65.2 Å². The smallest absolute Gasteiger partial charge is 0.222 e. The molecule has 0 unspecified atom stereocenters. The van der Waals surface area contributed by atoms with Gasteiger partial charge in [-0.1, -0.05) is 26.7 Å². The van der Waals surface area contributed by atoms with Crippen LogP contribution in [0.3, 0.4) is 0 Å². The zero-order chi connectivity index (χ0) is 19.6. The average Bonchev–Trinajstić information content (AvgIpc) is 2.64. The molecule has 0 atom stereocenters. The number of hydrogen-bond donors (Lipinski definition) is 0. The van der Waals surface area contributed by atoms with Crippen molar-refractivity contribution in [1.29, 1.82) is 0 Å². The maximum atomic E-state index is 12.1. The van der Waals surface area contributed by atoms with Gasteiger partial charge in [-0.3, -0.25) is 9.59 Å². The fourth-order valence-corrected chi connectivity index (χ4v) is 4.37. The van der Waals surface area contributed by atoms with Crippen LogP contribution in [0.4, 0.5) is 0 Å². The fraction of sp³-hybridized carbons (Fsp3) is 0.900. The molecule has 6 heteroatoms. The van der Waals surface area contributed by atoms with Gasteiger partial charge in [0.05, 0.1) is 0 Å². The molecule has 26 heavy (non-hydrogen) atoms. The van der Waals surface area contributed by atoms with Crippen molar-refractivity contribution in [3.8, 4) is 0 Å². The molecule has 0 rings (SSSR count). The van der Waals surface area contributed by atoms with Gasteiger partial charge in [-0.15, -0.1) is 0 Å². The Balaban J connectivity index is 3.72. The standard InChI is InChI=1S/C20H40N2O2S2/c1-5-7-15-25-17-9-11-19(23)21(3)13-14-22(4)20(24)12-10-18-26-16-8-6-2/h5-18H2,1-4H3. The number of thioether (sulfide) groups is 2. The van der Waals surface area contributed by atoms with Crippen LogP contribution in [0.25, 0.3) is 0 Å². The summed E-state index contributed by atoms with van der Waals surface area (Å²) in [5.41, 5.74) is 0. The van der Waals surface area contributed by atoms with E-state index in [1.165, 1.54) is 37.2 Å². The Labute approximate surface area is 170 Å². The number of nitrogens with zero attached hydrogens (tertiary/aromatic N) is 2. The third-order valence-electron chi connectivity index (χ3n) is 4.27. The summed E-state index contributed by atoms with van der Waals surface area (Å²) < 4.78 is 0. The Kier molecular flexibility index (Phi) is 17.8. The molecular weight excluding hydrogens is 364 g/mol. The molecule has 0 radical (unpaired) electrons. The lowest BCUT2D eigenvalue weighted by atomic mass is 10.3. The predicted octanol–water partition coefficient (Wildman–Crippen LogP) is 4.53. The van der Waals surface area contributed by atoms with E-state index in [-0.39, 0.29) is 11.8 Å². The lowest BCUT2D eigenvalue weighted by molar-refractivity contribution is -0.133. The van der Waals surface area contributed by atoms with Crippen LogP contribution in [0.15, 0.2) is 0 Å². The number of carbonyl (C=O) groups excluding carboxylic acids is 2. The van der Waals surface area contributed by atoms with Crippen LogP contribution in [-0.2, 0) is 9.59 Å². The largest absolute Gasteiger partial charge is 0.344 e. The Morgan fingerprint density at radius 1 is 0.654 bits per heavy atom. The van der Waals surface area contributed by atoms with Crippen LogP contribution in [0.5, 0.6) is 0 Å². The normalized spacial score (nSPS) is 10.8. The topological polar surface area (TPSA) is 40.6 Å². The Morgan fingerprint density at radius 3 is 1.35 bits per heavy atom. The molecule has 0 bridgehead atoms. The second-order valence-corrected chi connectivity index (χ2v) is 9.22. The first kappa shape index (κ1) is 25.6. The van der Waals surface area contributed by atoms with Gasteiger partial charge in [0.15, 0.2) is 0 Å². The van der Waals surface area contributed by atoms with Gasteiger partial charge in [-0.25, -0.2) is 0 Å². The minimum absolute atomic E-state index is 0.189. The number of unbranched alkanes of at least 4 members (excludes halogenated alkanes) is 2. The van der Waals surface area contributed by atoms with Crippen molar-refractivity contribution < 1.29 is 9.59 Å². The minimum atomic E-state index is 0.189. The molecular formula is C20H40N2O2S2. The van der Waals surface area contributed by atoms with E-state index in [0.29, 0.717) is 25.9 Å². The highest BCUT2D eigenvalue weighted by Gasteiger charge is 2.12. The van der Waals surface area contributed by atoms with E-state index >= 15 is 0 Å². The Morgan fingerprint density at radius 2 is 1.00 bits per heavy atom. The molecule has 0 saturated carbocycles. The molecule has 4 nitrogen and oxygen atoms in total. The number of likely N-dealkylation sites (N-methyl/N-ethyl adjacent to an activating group) is 2. The van der Waals surface area contributed by atoms with E-state index in [0.717, 1.165) is 24.3 Å². The summed E-state index contributed by atoms with van der Waals surface area (Å²) in [5.74, 6) is 4.90. The minimum Gasteiger partial charge on any atom is -0.344 e. The highest BCUT2D eigenvalue weighted by atomic mass is 32.2. The van der Waals surface area contributed by atoms with Crippen LogP contribution in [0.2, 0.25) is 0 Å². The summed E-state index contributed by atoms with van der Waals surface area (Å²) in [6.45, 7) is 5.64.